The quantitative estimate of drug-likeness (QED) is 0.934. The smallest absolute Gasteiger partial charge is 0.101 e. The molecule has 0 saturated heterocycles. The average molecular weight is 308 g/mol. The zero-order valence-corrected chi connectivity index (χ0v) is 11.5. The van der Waals surface area contributed by atoms with Crippen molar-refractivity contribution in [2.24, 2.45) is 0 Å². The Bertz CT molecular complexity index is 545. The molecule has 0 aliphatic carbocycles. The topological polar surface area (TPSA) is 48.7 Å². The largest absolute Gasteiger partial charge is 0.377 e. The van der Waals surface area contributed by atoms with Crippen LogP contribution in [0, 0.1) is 11.3 Å². The number of nitrogens with one attached hydrogen (secondary N) is 1. The second kappa shape index (κ2) is 5.30. The maximum Gasteiger partial charge on any atom is 0.101 e. The first kappa shape index (κ1) is 12.1. The lowest BCUT2D eigenvalue weighted by molar-refractivity contribution is 0.902. The fourth-order valence-corrected chi connectivity index (χ4v) is 2.47. The molecule has 2 aromatic rings. The number of hydrogen-bond acceptors (Lipinski definition) is 4. The molecule has 1 N–H and O–H groups in total. The van der Waals surface area contributed by atoms with E-state index >= 15 is 0 Å². The van der Waals surface area contributed by atoms with Crippen LogP contribution in [0.5, 0.6) is 0 Å². The van der Waals surface area contributed by atoms with E-state index in [2.05, 4.69) is 39.2 Å². The summed E-state index contributed by atoms with van der Waals surface area (Å²) in [7, 11) is 0. The van der Waals surface area contributed by atoms with Crippen LogP contribution in [0.4, 0.5) is 5.69 Å². The molecule has 1 atom stereocenters. The molecule has 0 saturated carbocycles. The Morgan fingerprint density at radius 1 is 1.53 bits per heavy atom. The van der Waals surface area contributed by atoms with Crippen molar-refractivity contribution in [1.29, 1.82) is 5.26 Å². The predicted molar refractivity (Wildman–Crippen MR) is 73.0 cm³/mol. The molecule has 86 valence electrons. The van der Waals surface area contributed by atoms with Crippen LogP contribution in [0.1, 0.15) is 23.4 Å². The zero-order valence-electron chi connectivity index (χ0n) is 9.14. The lowest BCUT2D eigenvalue weighted by Crippen LogP contribution is -2.06. The molecule has 3 nitrogen and oxygen atoms in total. The van der Waals surface area contributed by atoms with Crippen LogP contribution in [0.15, 0.2) is 34.4 Å². The molecule has 5 heteroatoms. The Hall–Kier alpha value is -1.38. The number of rotatable bonds is 3. The van der Waals surface area contributed by atoms with E-state index in [0.29, 0.717) is 5.56 Å². The number of anilines is 1. The summed E-state index contributed by atoms with van der Waals surface area (Å²) in [6, 6.07) is 7.89. The second-order valence-electron chi connectivity index (χ2n) is 3.57. The molecule has 17 heavy (non-hydrogen) atoms. The van der Waals surface area contributed by atoms with Gasteiger partial charge in [-0.2, -0.15) is 5.26 Å². The number of hydrogen-bond donors (Lipinski definition) is 1. The standard InChI is InChI=1S/C12H10BrN3S/c1-8(12-6-15-7-17-12)16-11-4-10(13)3-2-9(11)5-14/h2-4,6-8,16H,1H3. The Morgan fingerprint density at radius 3 is 3.00 bits per heavy atom. The van der Waals surface area contributed by atoms with E-state index in [4.69, 9.17) is 5.26 Å². The summed E-state index contributed by atoms with van der Waals surface area (Å²) in [6.07, 6.45) is 1.84. The van der Waals surface area contributed by atoms with Gasteiger partial charge < -0.3 is 5.32 Å². The fraction of sp³-hybridized carbons (Fsp3) is 0.167. The molecule has 2 rings (SSSR count). The summed E-state index contributed by atoms with van der Waals surface area (Å²) in [4.78, 5) is 5.20. The Labute approximate surface area is 112 Å². The molecule has 1 unspecified atom stereocenters. The minimum Gasteiger partial charge on any atom is -0.377 e. The van der Waals surface area contributed by atoms with Crippen LogP contribution < -0.4 is 5.32 Å². The van der Waals surface area contributed by atoms with Crippen LogP contribution in [-0.2, 0) is 0 Å². The summed E-state index contributed by atoms with van der Waals surface area (Å²) < 4.78 is 0.954. The summed E-state index contributed by atoms with van der Waals surface area (Å²) in [5.74, 6) is 0. The van der Waals surface area contributed by atoms with Gasteiger partial charge >= 0.3 is 0 Å². The van der Waals surface area contributed by atoms with E-state index < -0.39 is 0 Å². The highest BCUT2D eigenvalue weighted by atomic mass is 79.9. The van der Waals surface area contributed by atoms with Crippen molar-refractivity contribution in [3.05, 3.63) is 44.8 Å². The molecule has 0 radical (unpaired) electrons. The maximum absolute atomic E-state index is 9.04. The van der Waals surface area contributed by atoms with Crippen LogP contribution in [0.25, 0.3) is 0 Å². The van der Waals surface area contributed by atoms with E-state index in [1.54, 1.807) is 22.9 Å². The van der Waals surface area contributed by atoms with Crippen molar-refractivity contribution in [3.8, 4) is 6.07 Å². The van der Waals surface area contributed by atoms with Crippen molar-refractivity contribution >= 4 is 33.0 Å². The highest BCUT2D eigenvalue weighted by molar-refractivity contribution is 9.10. The number of halogens is 1. The van der Waals surface area contributed by atoms with Gasteiger partial charge in [0.2, 0.25) is 0 Å². The molecule has 0 aliphatic heterocycles. The van der Waals surface area contributed by atoms with Crippen LogP contribution >= 0.6 is 27.3 Å². The first-order chi connectivity index (χ1) is 8.20. The van der Waals surface area contributed by atoms with Gasteiger partial charge in [-0.1, -0.05) is 15.9 Å². The van der Waals surface area contributed by atoms with Crippen LogP contribution in [0.2, 0.25) is 0 Å². The number of aromatic nitrogens is 1. The van der Waals surface area contributed by atoms with Crippen LogP contribution in [-0.4, -0.2) is 4.98 Å². The van der Waals surface area contributed by atoms with Gasteiger partial charge in [-0.25, -0.2) is 0 Å². The molecular weight excluding hydrogens is 298 g/mol. The minimum absolute atomic E-state index is 0.142. The molecule has 1 aromatic heterocycles. The SMILES string of the molecule is CC(Nc1cc(Br)ccc1C#N)c1cncs1. The van der Waals surface area contributed by atoms with Crippen LogP contribution in [0.3, 0.4) is 0 Å². The second-order valence-corrected chi connectivity index (χ2v) is 5.41. The Balaban J connectivity index is 2.24. The number of benzene rings is 1. The van der Waals surface area contributed by atoms with E-state index in [0.717, 1.165) is 15.0 Å². The normalized spacial score (nSPS) is 11.8. The van der Waals surface area contributed by atoms with Gasteiger partial charge in [-0.3, -0.25) is 4.98 Å². The van der Waals surface area contributed by atoms with Gasteiger partial charge in [-0.05, 0) is 25.1 Å². The van der Waals surface area contributed by atoms with Crippen molar-refractivity contribution < 1.29 is 0 Å². The Kier molecular flexibility index (Phi) is 3.77. The molecule has 0 fully saturated rings. The zero-order chi connectivity index (χ0) is 12.3. The molecule has 1 heterocycles. The highest BCUT2D eigenvalue weighted by Crippen LogP contribution is 2.26. The van der Waals surface area contributed by atoms with Gasteiger partial charge in [0.25, 0.3) is 0 Å². The highest BCUT2D eigenvalue weighted by Gasteiger charge is 2.09. The van der Waals surface area contributed by atoms with Gasteiger partial charge in [-0.15, -0.1) is 11.3 Å². The van der Waals surface area contributed by atoms with Gasteiger partial charge in [0.05, 0.1) is 22.8 Å². The van der Waals surface area contributed by atoms with E-state index in [9.17, 15) is 0 Å². The molecule has 0 spiro atoms. The predicted octanol–water partition coefficient (Wildman–Crippen LogP) is 3.95. The van der Waals surface area contributed by atoms with Gasteiger partial charge in [0.15, 0.2) is 0 Å². The monoisotopic (exact) mass is 307 g/mol. The third kappa shape index (κ3) is 2.84. The number of nitriles is 1. The van der Waals surface area contributed by atoms with Gasteiger partial charge in [0, 0.05) is 15.5 Å². The lowest BCUT2D eigenvalue weighted by Gasteiger charge is -2.14. The van der Waals surface area contributed by atoms with E-state index in [-0.39, 0.29) is 6.04 Å². The minimum atomic E-state index is 0.142. The summed E-state index contributed by atoms with van der Waals surface area (Å²) in [6.45, 7) is 2.05. The van der Waals surface area contributed by atoms with Crippen molar-refractivity contribution in [2.45, 2.75) is 13.0 Å². The molecule has 0 aliphatic rings. The maximum atomic E-state index is 9.04. The molecule has 0 amide bonds. The third-order valence-corrected chi connectivity index (χ3v) is 3.80. The number of nitrogens with zero attached hydrogens (tertiary/aromatic N) is 2. The van der Waals surface area contributed by atoms with Crippen molar-refractivity contribution in [3.63, 3.8) is 0 Å². The van der Waals surface area contributed by atoms with Crippen molar-refractivity contribution in [2.75, 3.05) is 5.32 Å². The molecular formula is C12H10BrN3S. The van der Waals surface area contributed by atoms with Crippen molar-refractivity contribution in [1.82, 2.24) is 4.98 Å². The fourth-order valence-electron chi connectivity index (χ4n) is 1.48. The first-order valence-corrected chi connectivity index (χ1v) is 6.72. The van der Waals surface area contributed by atoms with Gasteiger partial charge in [0.1, 0.15) is 6.07 Å². The number of thiazole rings is 1. The Morgan fingerprint density at radius 2 is 2.35 bits per heavy atom. The molecule has 0 bridgehead atoms. The third-order valence-electron chi connectivity index (χ3n) is 2.35. The lowest BCUT2D eigenvalue weighted by atomic mass is 10.1. The summed E-state index contributed by atoms with van der Waals surface area (Å²) in [5, 5.41) is 12.4. The average Bonchev–Trinajstić information content (AvgIpc) is 2.83. The summed E-state index contributed by atoms with van der Waals surface area (Å²) >= 11 is 5.00. The molecule has 1 aromatic carbocycles. The van der Waals surface area contributed by atoms with E-state index in [1.165, 1.54) is 0 Å². The van der Waals surface area contributed by atoms with E-state index in [1.807, 2.05) is 18.3 Å². The summed E-state index contributed by atoms with van der Waals surface area (Å²) in [5.41, 5.74) is 3.28. The first-order valence-electron chi connectivity index (χ1n) is 5.05.